The van der Waals surface area contributed by atoms with E-state index in [1.54, 1.807) is 37.9 Å². The number of anilines is 1. The molecule has 2 rings (SSSR count). The van der Waals surface area contributed by atoms with Crippen molar-refractivity contribution in [3.05, 3.63) is 35.5 Å². The van der Waals surface area contributed by atoms with E-state index in [4.69, 9.17) is 0 Å². The monoisotopic (exact) mass is 337 g/mol. The Morgan fingerprint density at radius 1 is 1.39 bits per heavy atom. The number of carbonyl (C=O) groups is 1. The Morgan fingerprint density at radius 3 is 2.65 bits per heavy atom. The molecule has 1 heterocycles. The highest BCUT2D eigenvalue weighted by molar-refractivity contribution is 7.14. The Kier molecular flexibility index (Phi) is 5.46. The third-order valence-corrected chi connectivity index (χ3v) is 3.72. The van der Waals surface area contributed by atoms with E-state index < -0.39 is 5.60 Å². The summed E-state index contributed by atoms with van der Waals surface area (Å²) in [6, 6.07) is 6.04. The maximum atomic E-state index is 12.9. The second kappa shape index (κ2) is 7.16. The summed E-state index contributed by atoms with van der Waals surface area (Å²) in [4.78, 5) is 18.0. The Bertz CT molecular complexity index is 665. The fraction of sp³-hybridized carbons (Fsp3) is 0.375. The van der Waals surface area contributed by atoms with E-state index in [0.717, 1.165) is 5.56 Å². The topological polar surface area (TPSA) is 65.5 Å². The predicted octanol–water partition coefficient (Wildman–Crippen LogP) is 2.59. The number of hydrogen-bond donors (Lipinski definition) is 2. The maximum Gasteiger partial charge on any atom is 0.240 e. The molecule has 1 amide bonds. The lowest BCUT2D eigenvalue weighted by molar-refractivity contribution is -0.117. The summed E-state index contributed by atoms with van der Waals surface area (Å²) in [7, 11) is 1.77. The normalized spacial score (nSPS) is 11.7. The molecule has 0 aliphatic rings. The largest absolute Gasteiger partial charge is 0.389 e. The number of benzene rings is 1. The van der Waals surface area contributed by atoms with Crippen LogP contribution in [-0.4, -0.2) is 46.6 Å². The number of aliphatic hydroxyl groups is 1. The Labute approximate surface area is 138 Å². The molecule has 0 fully saturated rings. The summed E-state index contributed by atoms with van der Waals surface area (Å²) in [6.45, 7) is 3.93. The Balaban J connectivity index is 1.93. The van der Waals surface area contributed by atoms with Gasteiger partial charge in [-0.15, -0.1) is 11.3 Å². The quantitative estimate of drug-likeness (QED) is 0.850. The number of aromatic nitrogens is 1. The smallest absolute Gasteiger partial charge is 0.240 e. The van der Waals surface area contributed by atoms with Crippen molar-refractivity contribution in [2.24, 2.45) is 0 Å². The van der Waals surface area contributed by atoms with Crippen LogP contribution in [0.4, 0.5) is 9.52 Å². The Morgan fingerprint density at radius 2 is 2.04 bits per heavy atom. The number of nitrogens with one attached hydrogen (secondary N) is 1. The first kappa shape index (κ1) is 17.5. The molecule has 0 spiro atoms. The summed E-state index contributed by atoms with van der Waals surface area (Å²) < 4.78 is 12.9. The summed E-state index contributed by atoms with van der Waals surface area (Å²) in [6.07, 6.45) is 0. The van der Waals surface area contributed by atoms with Gasteiger partial charge in [-0.3, -0.25) is 9.69 Å². The van der Waals surface area contributed by atoms with Crippen molar-refractivity contribution in [3.63, 3.8) is 0 Å². The van der Waals surface area contributed by atoms with Crippen molar-refractivity contribution >= 4 is 22.4 Å². The summed E-state index contributed by atoms with van der Waals surface area (Å²) in [5.74, 6) is -0.496. The van der Waals surface area contributed by atoms with Gasteiger partial charge in [-0.1, -0.05) is 0 Å². The minimum absolute atomic E-state index is 0.162. The molecule has 7 heteroatoms. The van der Waals surface area contributed by atoms with E-state index in [1.807, 2.05) is 5.38 Å². The van der Waals surface area contributed by atoms with Crippen LogP contribution >= 0.6 is 11.3 Å². The molecular weight excluding hydrogens is 317 g/mol. The van der Waals surface area contributed by atoms with Crippen LogP contribution in [0.2, 0.25) is 0 Å². The predicted molar refractivity (Wildman–Crippen MR) is 89.9 cm³/mol. The number of likely N-dealkylation sites (N-methyl/N-ethyl adjacent to an activating group) is 1. The van der Waals surface area contributed by atoms with Gasteiger partial charge in [0.25, 0.3) is 0 Å². The fourth-order valence-corrected chi connectivity index (χ4v) is 2.94. The molecule has 0 saturated carbocycles. The van der Waals surface area contributed by atoms with Crippen LogP contribution in [0.25, 0.3) is 11.3 Å². The molecule has 0 atom stereocenters. The van der Waals surface area contributed by atoms with Gasteiger partial charge in [0.1, 0.15) is 5.82 Å². The van der Waals surface area contributed by atoms with E-state index in [0.29, 0.717) is 17.4 Å². The zero-order valence-electron chi connectivity index (χ0n) is 13.3. The number of amides is 1. The standard InChI is InChI=1S/C16H20FN3O2S/c1-16(2,22)10-20(3)8-14(21)19-15-18-13(9-23-15)11-4-6-12(17)7-5-11/h4-7,9,22H,8,10H2,1-3H3,(H,18,19,21). The van der Waals surface area contributed by atoms with Crippen LogP contribution in [0, 0.1) is 5.82 Å². The molecule has 0 radical (unpaired) electrons. The molecule has 2 N–H and O–H groups in total. The highest BCUT2D eigenvalue weighted by Gasteiger charge is 2.18. The molecule has 0 saturated heterocycles. The van der Waals surface area contributed by atoms with Gasteiger partial charge in [0.2, 0.25) is 5.91 Å². The number of hydrogen-bond acceptors (Lipinski definition) is 5. The first-order valence-electron chi connectivity index (χ1n) is 7.15. The number of halogens is 1. The molecule has 0 aliphatic carbocycles. The molecule has 23 heavy (non-hydrogen) atoms. The molecule has 0 unspecified atom stereocenters. The zero-order valence-corrected chi connectivity index (χ0v) is 14.2. The maximum absolute atomic E-state index is 12.9. The van der Waals surface area contributed by atoms with Crippen molar-refractivity contribution in [1.29, 1.82) is 0 Å². The average molecular weight is 337 g/mol. The van der Waals surface area contributed by atoms with Crippen LogP contribution in [0.5, 0.6) is 0 Å². The van der Waals surface area contributed by atoms with Gasteiger partial charge in [0, 0.05) is 17.5 Å². The van der Waals surface area contributed by atoms with E-state index >= 15 is 0 Å². The molecule has 1 aromatic heterocycles. The third kappa shape index (κ3) is 5.70. The van der Waals surface area contributed by atoms with Gasteiger partial charge in [0.15, 0.2) is 5.13 Å². The van der Waals surface area contributed by atoms with Gasteiger partial charge < -0.3 is 10.4 Å². The van der Waals surface area contributed by atoms with E-state index in [2.05, 4.69) is 10.3 Å². The first-order valence-corrected chi connectivity index (χ1v) is 8.03. The molecule has 2 aromatic rings. The summed E-state index contributed by atoms with van der Waals surface area (Å²) >= 11 is 1.31. The number of nitrogens with zero attached hydrogens (tertiary/aromatic N) is 2. The van der Waals surface area contributed by atoms with Gasteiger partial charge in [-0.25, -0.2) is 9.37 Å². The molecule has 1 aromatic carbocycles. The van der Waals surface area contributed by atoms with Crippen LogP contribution < -0.4 is 5.32 Å². The lowest BCUT2D eigenvalue weighted by Gasteiger charge is -2.24. The second-order valence-electron chi connectivity index (χ2n) is 6.08. The van der Waals surface area contributed by atoms with E-state index in [1.165, 1.54) is 23.5 Å². The Hall–Kier alpha value is -1.83. The fourth-order valence-electron chi connectivity index (χ4n) is 2.20. The van der Waals surface area contributed by atoms with E-state index in [-0.39, 0.29) is 18.3 Å². The minimum atomic E-state index is -0.855. The van der Waals surface area contributed by atoms with Crippen LogP contribution in [-0.2, 0) is 4.79 Å². The molecule has 124 valence electrons. The highest BCUT2D eigenvalue weighted by Crippen LogP contribution is 2.24. The number of thiazole rings is 1. The lowest BCUT2D eigenvalue weighted by Crippen LogP contribution is -2.40. The van der Waals surface area contributed by atoms with Crippen LogP contribution in [0.1, 0.15) is 13.8 Å². The van der Waals surface area contributed by atoms with E-state index in [9.17, 15) is 14.3 Å². The lowest BCUT2D eigenvalue weighted by atomic mass is 10.1. The van der Waals surface area contributed by atoms with Crippen molar-refractivity contribution in [1.82, 2.24) is 9.88 Å². The van der Waals surface area contributed by atoms with Crippen LogP contribution in [0.15, 0.2) is 29.6 Å². The third-order valence-electron chi connectivity index (χ3n) is 2.96. The van der Waals surface area contributed by atoms with Gasteiger partial charge in [0.05, 0.1) is 17.8 Å². The molecule has 5 nitrogen and oxygen atoms in total. The molecule has 0 bridgehead atoms. The van der Waals surface area contributed by atoms with Crippen molar-refractivity contribution in [3.8, 4) is 11.3 Å². The van der Waals surface area contributed by atoms with Crippen molar-refractivity contribution in [2.75, 3.05) is 25.5 Å². The van der Waals surface area contributed by atoms with Gasteiger partial charge in [-0.05, 0) is 45.2 Å². The minimum Gasteiger partial charge on any atom is -0.389 e. The van der Waals surface area contributed by atoms with Crippen molar-refractivity contribution in [2.45, 2.75) is 19.4 Å². The first-order chi connectivity index (χ1) is 10.7. The SMILES string of the molecule is CN(CC(=O)Nc1nc(-c2ccc(F)cc2)cs1)CC(C)(C)O. The van der Waals surface area contributed by atoms with Crippen LogP contribution in [0.3, 0.4) is 0 Å². The summed E-state index contributed by atoms with van der Waals surface area (Å²) in [5.41, 5.74) is 0.629. The van der Waals surface area contributed by atoms with Gasteiger partial charge in [-0.2, -0.15) is 0 Å². The number of rotatable bonds is 6. The zero-order chi connectivity index (χ0) is 17.0. The second-order valence-corrected chi connectivity index (χ2v) is 6.94. The summed E-state index contributed by atoms with van der Waals surface area (Å²) in [5, 5.41) is 14.8. The highest BCUT2D eigenvalue weighted by atomic mass is 32.1. The molecule has 0 aliphatic heterocycles. The number of carbonyl (C=O) groups excluding carboxylic acids is 1. The van der Waals surface area contributed by atoms with Gasteiger partial charge >= 0.3 is 0 Å². The van der Waals surface area contributed by atoms with Crippen molar-refractivity contribution < 1.29 is 14.3 Å². The molecular formula is C16H20FN3O2S. The average Bonchev–Trinajstić information content (AvgIpc) is 2.85.